The summed E-state index contributed by atoms with van der Waals surface area (Å²) in [5, 5.41) is 0. The van der Waals surface area contributed by atoms with Gasteiger partial charge in [0.05, 0.1) is 7.11 Å². The molecule has 0 aromatic heterocycles. The third-order valence-electron chi connectivity index (χ3n) is 2.49. The Labute approximate surface area is 93.8 Å². The van der Waals surface area contributed by atoms with Gasteiger partial charge in [-0.1, -0.05) is 33.6 Å². The van der Waals surface area contributed by atoms with E-state index in [0.717, 1.165) is 25.8 Å². The van der Waals surface area contributed by atoms with Gasteiger partial charge in [0.1, 0.15) is 6.04 Å². The molecule has 0 fully saturated rings. The Hall–Kier alpha value is -0.570. The SMILES string of the molecule is CCCCC(C(=O)OC)N(C)CC(C)C. The standard InChI is InChI=1S/C12H25NO2/c1-6-7-8-11(12(14)15-5)13(4)9-10(2)3/h10-11H,6-9H2,1-5H3. The molecule has 0 aliphatic rings. The molecule has 0 aliphatic carbocycles. The highest BCUT2D eigenvalue weighted by molar-refractivity contribution is 5.75. The number of hydrogen-bond acceptors (Lipinski definition) is 3. The van der Waals surface area contributed by atoms with Crippen molar-refractivity contribution in [3.8, 4) is 0 Å². The van der Waals surface area contributed by atoms with Crippen molar-refractivity contribution in [2.24, 2.45) is 5.92 Å². The zero-order valence-corrected chi connectivity index (χ0v) is 10.7. The van der Waals surface area contributed by atoms with Gasteiger partial charge >= 0.3 is 5.97 Å². The molecular weight excluding hydrogens is 190 g/mol. The second kappa shape index (κ2) is 7.69. The number of esters is 1. The molecule has 0 amide bonds. The molecule has 3 heteroatoms. The van der Waals surface area contributed by atoms with E-state index in [9.17, 15) is 4.79 Å². The normalized spacial score (nSPS) is 13.3. The summed E-state index contributed by atoms with van der Waals surface area (Å²) < 4.78 is 4.83. The molecule has 0 saturated heterocycles. The number of nitrogens with zero attached hydrogens (tertiary/aromatic N) is 1. The number of ether oxygens (including phenoxy) is 1. The fourth-order valence-electron chi connectivity index (χ4n) is 1.75. The van der Waals surface area contributed by atoms with E-state index in [2.05, 4.69) is 25.7 Å². The van der Waals surface area contributed by atoms with Crippen molar-refractivity contribution in [3.05, 3.63) is 0 Å². The van der Waals surface area contributed by atoms with Gasteiger partial charge in [0.25, 0.3) is 0 Å². The molecule has 0 rings (SSSR count). The van der Waals surface area contributed by atoms with Gasteiger partial charge in [-0.05, 0) is 19.4 Å². The van der Waals surface area contributed by atoms with Gasteiger partial charge in [-0.15, -0.1) is 0 Å². The summed E-state index contributed by atoms with van der Waals surface area (Å²) in [6, 6.07) is -0.0719. The van der Waals surface area contributed by atoms with E-state index in [1.807, 2.05) is 7.05 Å². The predicted octanol–water partition coefficient (Wildman–Crippen LogP) is 2.31. The van der Waals surface area contributed by atoms with E-state index in [-0.39, 0.29) is 12.0 Å². The number of carbonyl (C=O) groups excluding carboxylic acids is 1. The van der Waals surface area contributed by atoms with Crippen LogP contribution < -0.4 is 0 Å². The fourth-order valence-corrected chi connectivity index (χ4v) is 1.75. The molecule has 1 atom stereocenters. The first-order valence-electron chi connectivity index (χ1n) is 5.81. The molecule has 1 unspecified atom stereocenters. The molecule has 0 N–H and O–H groups in total. The van der Waals surface area contributed by atoms with E-state index in [4.69, 9.17) is 4.74 Å². The lowest BCUT2D eigenvalue weighted by Gasteiger charge is -2.27. The number of hydrogen-bond donors (Lipinski definition) is 0. The van der Waals surface area contributed by atoms with E-state index < -0.39 is 0 Å². The molecule has 0 radical (unpaired) electrons. The van der Waals surface area contributed by atoms with Crippen molar-refractivity contribution < 1.29 is 9.53 Å². The van der Waals surface area contributed by atoms with Crippen molar-refractivity contribution in [1.82, 2.24) is 4.90 Å². The van der Waals surface area contributed by atoms with Crippen LogP contribution in [0.3, 0.4) is 0 Å². The summed E-state index contributed by atoms with van der Waals surface area (Å²) in [6.07, 6.45) is 3.08. The molecule has 0 saturated carbocycles. The molecule has 0 spiro atoms. The van der Waals surface area contributed by atoms with Gasteiger partial charge in [-0.3, -0.25) is 9.69 Å². The second-order valence-electron chi connectivity index (χ2n) is 4.51. The average molecular weight is 215 g/mol. The fraction of sp³-hybridized carbons (Fsp3) is 0.917. The van der Waals surface area contributed by atoms with E-state index >= 15 is 0 Å². The minimum atomic E-state index is -0.105. The van der Waals surface area contributed by atoms with Gasteiger partial charge in [0, 0.05) is 6.54 Å². The van der Waals surface area contributed by atoms with Crippen molar-refractivity contribution >= 4 is 5.97 Å². The Morgan fingerprint density at radius 1 is 1.40 bits per heavy atom. The topological polar surface area (TPSA) is 29.5 Å². The lowest BCUT2D eigenvalue weighted by atomic mass is 10.1. The first kappa shape index (κ1) is 14.4. The lowest BCUT2D eigenvalue weighted by Crippen LogP contribution is -2.41. The molecule has 0 aromatic carbocycles. The number of methoxy groups -OCH3 is 1. The second-order valence-corrected chi connectivity index (χ2v) is 4.51. The Kier molecular flexibility index (Phi) is 7.39. The Bertz CT molecular complexity index is 180. The van der Waals surface area contributed by atoms with Crippen LogP contribution in [0, 0.1) is 5.92 Å². The van der Waals surface area contributed by atoms with Crippen LogP contribution in [0.2, 0.25) is 0 Å². The zero-order chi connectivity index (χ0) is 11.8. The first-order chi connectivity index (χ1) is 7.02. The first-order valence-corrected chi connectivity index (χ1v) is 5.81. The quantitative estimate of drug-likeness (QED) is 0.610. The summed E-state index contributed by atoms with van der Waals surface area (Å²) in [5.41, 5.74) is 0. The van der Waals surface area contributed by atoms with Crippen LogP contribution in [-0.4, -0.2) is 37.6 Å². The van der Waals surface area contributed by atoms with E-state index in [1.54, 1.807) is 0 Å². The third kappa shape index (κ3) is 5.78. The van der Waals surface area contributed by atoms with Gasteiger partial charge in [0.15, 0.2) is 0 Å². The molecule has 3 nitrogen and oxygen atoms in total. The molecule has 0 bridgehead atoms. The van der Waals surface area contributed by atoms with Gasteiger partial charge < -0.3 is 4.74 Å². The molecule has 90 valence electrons. The van der Waals surface area contributed by atoms with Crippen LogP contribution in [-0.2, 0) is 9.53 Å². The summed E-state index contributed by atoms with van der Waals surface area (Å²) in [7, 11) is 3.46. The third-order valence-corrected chi connectivity index (χ3v) is 2.49. The number of likely N-dealkylation sites (N-methyl/N-ethyl adjacent to an activating group) is 1. The molecule has 0 aliphatic heterocycles. The zero-order valence-electron chi connectivity index (χ0n) is 10.7. The Balaban J connectivity index is 4.26. The molecular formula is C12H25NO2. The minimum Gasteiger partial charge on any atom is -0.468 e. The number of unbranched alkanes of at least 4 members (excludes halogenated alkanes) is 1. The van der Waals surface area contributed by atoms with E-state index in [0.29, 0.717) is 5.92 Å². The van der Waals surface area contributed by atoms with Gasteiger partial charge in [-0.2, -0.15) is 0 Å². The van der Waals surface area contributed by atoms with Crippen molar-refractivity contribution in [3.63, 3.8) is 0 Å². The molecule has 15 heavy (non-hydrogen) atoms. The van der Waals surface area contributed by atoms with Crippen molar-refractivity contribution in [2.75, 3.05) is 20.7 Å². The lowest BCUT2D eigenvalue weighted by molar-refractivity contribution is -0.147. The highest BCUT2D eigenvalue weighted by Crippen LogP contribution is 2.10. The van der Waals surface area contributed by atoms with Gasteiger partial charge in [0.2, 0.25) is 0 Å². The smallest absolute Gasteiger partial charge is 0.323 e. The highest BCUT2D eigenvalue weighted by Gasteiger charge is 2.23. The Morgan fingerprint density at radius 2 is 2.00 bits per heavy atom. The maximum atomic E-state index is 11.6. The van der Waals surface area contributed by atoms with Crippen molar-refractivity contribution in [2.45, 2.75) is 46.1 Å². The number of rotatable bonds is 7. The highest BCUT2D eigenvalue weighted by atomic mass is 16.5. The van der Waals surface area contributed by atoms with Crippen LogP contribution in [0.15, 0.2) is 0 Å². The number of carbonyl (C=O) groups is 1. The van der Waals surface area contributed by atoms with Crippen LogP contribution in [0.1, 0.15) is 40.0 Å². The van der Waals surface area contributed by atoms with Crippen LogP contribution in [0.25, 0.3) is 0 Å². The summed E-state index contributed by atoms with van der Waals surface area (Å²) in [6.45, 7) is 7.38. The van der Waals surface area contributed by atoms with Crippen LogP contribution >= 0.6 is 0 Å². The predicted molar refractivity (Wildman–Crippen MR) is 62.8 cm³/mol. The summed E-state index contributed by atoms with van der Waals surface area (Å²) >= 11 is 0. The average Bonchev–Trinajstić information content (AvgIpc) is 2.16. The molecule has 0 aromatic rings. The van der Waals surface area contributed by atoms with Crippen LogP contribution in [0.4, 0.5) is 0 Å². The van der Waals surface area contributed by atoms with E-state index in [1.165, 1.54) is 7.11 Å². The Morgan fingerprint density at radius 3 is 2.40 bits per heavy atom. The largest absolute Gasteiger partial charge is 0.468 e. The molecule has 0 heterocycles. The van der Waals surface area contributed by atoms with Gasteiger partial charge in [-0.25, -0.2) is 0 Å². The minimum absolute atomic E-state index is 0.0719. The maximum Gasteiger partial charge on any atom is 0.323 e. The maximum absolute atomic E-state index is 11.6. The van der Waals surface area contributed by atoms with Crippen LogP contribution in [0.5, 0.6) is 0 Å². The summed E-state index contributed by atoms with van der Waals surface area (Å²) in [5.74, 6) is 0.468. The monoisotopic (exact) mass is 215 g/mol. The van der Waals surface area contributed by atoms with Crippen molar-refractivity contribution in [1.29, 1.82) is 0 Å². The summed E-state index contributed by atoms with van der Waals surface area (Å²) in [4.78, 5) is 13.7.